The van der Waals surface area contributed by atoms with Gasteiger partial charge in [-0.05, 0) is 0 Å². The van der Waals surface area contributed by atoms with Gasteiger partial charge < -0.3 is 64.5 Å². The first-order valence-corrected chi connectivity index (χ1v) is 12.4. The largest absolute Gasteiger partial charge is 0.395 e. The Bertz CT molecular complexity index is 611. The van der Waals surface area contributed by atoms with Crippen LogP contribution in [0.5, 0.6) is 0 Å². The Morgan fingerprint density at radius 1 is 0.595 bits per heavy atom. The van der Waals surface area contributed by atoms with Crippen LogP contribution >= 0.6 is 0 Å². The first-order valence-electron chi connectivity index (χ1n) is 12.4. The van der Waals surface area contributed by atoms with Crippen molar-refractivity contribution >= 4 is 0 Å². The molecule has 0 amide bonds. The van der Waals surface area contributed by atoms with Crippen LogP contribution in [0.3, 0.4) is 0 Å². The van der Waals surface area contributed by atoms with E-state index in [1.54, 1.807) is 4.90 Å². The van der Waals surface area contributed by atoms with E-state index in [4.69, 9.17) is 23.7 Å². The molecule has 0 saturated carbocycles. The van der Waals surface area contributed by atoms with Crippen LogP contribution in [0.2, 0.25) is 0 Å². The van der Waals surface area contributed by atoms with Crippen LogP contribution in [0.1, 0.15) is 0 Å². The lowest BCUT2D eigenvalue weighted by Gasteiger charge is -2.51. The number of methoxy groups -OCH3 is 2. The second-order valence-electron chi connectivity index (χ2n) is 8.92. The Balaban J connectivity index is 2.43. The van der Waals surface area contributed by atoms with E-state index >= 15 is 0 Å². The predicted octanol–water partition coefficient (Wildman–Crippen LogP) is -5.50. The summed E-state index contributed by atoms with van der Waals surface area (Å²) in [5, 5.41) is 80.7. The van der Waals surface area contributed by atoms with E-state index in [-0.39, 0.29) is 52.6 Å². The van der Waals surface area contributed by atoms with Crippen LogP contribution in [-0.2, 0) is 23.7 Å². The van der Waals surface area contributed by atoms with Crippen molar-refractivity contribution in [2.24, 2.45) is 0 Å². The lowest BCUT2D eigenvalue weighted by molar-refractivity contribution is -0.347. The van der Waals surface area contributed by atoms with Crippen LogP contribution in [0, 0.1) is 0 Å². The second kappa shape index (κ2) is 16.5. The monoisotopic (exact) mass is 544 g/mol. The molecule has 0 aliphatic carbocycles. The van der Waals surface area contributed by atoms with E-state index in [2.05, 4.69) is 0 Å². The van der Waals surface area contributed by atoms with E-state index in [1.165, 1.54) is 19.1 Å². The van der Waals surface area contributed by atoms with Crippen LogP contribution in [0.25, 0.3) is 0 Å². The summed E-state index contributed by atoms with van der Waals surface area (Å²) in [6.07, 6.45) is -9.36. The first-order chi connectivity index (χ1) is 17.9. The van der Waals surface area contributed by atoms with E-state index in [0.29, 0.717) is 0 Å². The van der Waals surface area contributed by atoms with Gasteiger partial charge in [0.05, 0.1) is 51.7 Å². The maximum atomic E-state index is 11.4. The van der Waals surface area contributed by atoms with Gasteiger partial charge in [-0.1, -0.05) is 0 Å². The minimum atomic E-state index is -1.38. The summed E-state index contributed by atoms with van der Waals surface area (Å²) in [7, 11) is 2.69. The van der Waals surface area contributed by atoms with Gasteiger partial charge in [0, 0.05) is 40.4 Å². The molecule has 10 atom stereocenters. The molecule has 2 aliphatic rings. The molecule has 15 nitrogen and oxygen atoms in total. The Morgan fingerprint density at radius 3 is 1.41 bits per heavy atom. The summed E-state index contributed by atoms with van der Waals surface area (Å²) in [5.41, 5.74) is 0. The lowest BCUT2D eigenvalue weighted by atomic mass is 9.93. The van der Waals surface area contributed by atoms with Crippen molar-refractivity contribution in [3.05, 3.63) is 0 Å². The molecule has 0 spiro atoms. The van der Waals surface area contributed by atoms with E-state index in [9.17, 15) is 40.9 Å². The van der Waals surface area contributed by atoms with Gasteiger partial charge >= 0.3 is 0 Å². The minimum absolute atomic E-state index is 0.0357. The maximum absolute atomic E-state index is 11.4. The minimum Gasteiger partial charge on any atom is -0.395 e. The average molecular weight is 545 g/mol. The molecule has 37 heavy (non-hydrogen) atoms. The molecule has 0 radical (unpaired) electrons. The normalized spacial score (nSPS) is 37.0. The van der Waals surface area contributed by atoms with Crippen molar-refractivity contribution in [1.29, 1.82) is 0 Å². The van der Waals surface area contributed by atoms with Gasteiger partial charge in [-0.2, -0.15) is 0 Å². The molecule has 2 heterocycles. The van der Waals surface area contributed by atoms with Gasteiger partial charge in [-0.3, -0.25) is 9.80 Å². The highest BCUT2D eigenvalue weighted by Gasteiger charge is 2.53. The molecule has 220 valence electrons. The molecule has 2 saturated heterocycles. The Labute approximate surface area is 216 Å². The van der Waals surface area contributed by atoms with Crippen molar-refractivity contribution in [2.45, 2.75) is 61.3 Å². The molecular weight excluding hydrogens is 500 g/mol. The van der Waals surface area contributed by atoms with Crippen molar-refractivity contribution in [3.8, 4) is 0 Å². The van der Waals surface area contributed by atoms with Crippen LogP contribution in [-0.4, -0.2) is 192 Å². The molecule has 0 bridgehead atoms. The average Bonchev–Trinajstić information content (AvgIpc) is 2.89. The molecule has 15 heteroatoms. The van der Waals surface area contributed by atoms with E-state index in [0.717, 1.165) is 0 Å². The Hall–Kier alpha value is -0.600. The number of hydrogen-bond donors (Lipinski definition) is 8. The molecule has 2 unspecified atom stereocenters. The van der Waals surface area contributed by atoms with Gasteiger partial charge in [0.25, 0.3) is 0 Å². The van der Waals surface area contributed by atoms with Gasteiger partial charge in [-0.25, -0.2) is 0 Å². The summed E-state index contributed by atoms with van der Waals surface area (Å²) in [5.74, 6) is 0. The van der Waals surface area contributed by atoms with Gasteiger partial charge in [-0.15, -0.1) is 0 Å². The lowest BCUT2D eigenvalue weighted by Crippen LogP contribution is -2.70. The number of aliphatic hydroxyl groups excluding tert-OH is 8. The zero-order chi connectivity index (χ0) is 27.5. The number of ether oxygens (including phenoxy) is 5. The highest BCUT2D eigenvalue weighted by Crippen LogP contribution is 2.33. The first kappa shape index (κ1) is 32.6. The summed E-state index contributed by atoms with van der Waals surface area (Å²) in [6.45, 7) is -2.04. The van der Waals surface area contributed by atoms with Gasteiger partial charge in [0.1, 0.15) is 36.6 Å². The summed E-state index contributed by atoms with van der Waals surface area (Å²) < 4.78 is 28.7. The molecule has 2 aliphatic heterocycles. The third kappa shape index (κ3) is 7.75. The molecule has 0 aromatic rings. The number of aliphatic hydroxyl groups is 8. The summed E-state index contributed by atoms with van der Waals surface area (Å²) >= 11 is 0. The third-order valence-corrected chi connectivity index (χ3v) is 6.83. The Kier molecular flexibility index (Phi) is 14.5. The predicted molar refractivity (Wildman–Crippen MR) is 125 cm³/mol. The fourth-order valence-corrected chi connectivity index (χ4v) is 5.14. The highest BCUT2D eigenvalue weighted by atomic mass is 16.7. The zero-order valence-corrected chi connectivity index (χ0v) is 21.4. The second-order valence-corrected chi connectivity index (χ2v) is 8.92. The van der Waals surface area contributed by atoms with Gasteiger partial charge in [0.2, 0.25) is 0 Å². The molecular formula is C22H44N2O13. The fourth-order valence-electron chi connectivity index (χ4n) is 5.14. The molecule has 2 fully saturated rings. The third-order valence-electron chi connectivity index (χ3n) is 6.83. The number of hydrogen-bond acceptors (Lipinski definition) is 15. The standard InChI is InChI=1S/C22H44N2O13/c1-33-19-13(11-29)36-22(16(17(19)31)24(5-9-27)6-10-28)37-20-14(12-30)35-21(34-2)15(18(20)32)23(3-7-25)4-8-26/h13-22,25-32H,3-12H2,1-2H3/t13?,14?,15-,16+,17-,18+,19+,20-,21-,22+/m0/s1. The quantitative estimate of drug-likeness (QED) is 0.0910. The molecule has 0 aromatic carbocycles. The van der Waals surface area contributed by atoms with E-state index in [1.807, 2.05) is 0 Å². The van der Waals surface area contributed by atoms with Crippen LogP contribution in [0.15, 0.2) is 0 Å². The summed E-state index contributed by atoms with van der Waals surface area (Å²) in [6, 6.07) is -1.93. The highest BCUT2D eigenvalue weighted by molar-refractivity contribution is 4.99. The van der Waals surface area contributed by atoms with Crippen molar-refractivity contribution in [3.63, 3.8) is 0 Å². The van der Waals surface area contributed by atoms with Gasteiger partial charge in [0.15, 0.2) is 12.6 Å². The smallest absolute Gasteiger partial charge is 0.176 e. The van der Waals surface area contributed by atoms with Crippen LogP contribution < -0.4 is 0 Å². The summed E-state index contributed by atoms with van der Waals surface area (Å²) in [4.78, 5) is 3.11. The Morgan fingerprint density at radius 2 is 1.00 bits per heavy atom. The van der Waals surface area contributed by atoms with Crippen molar-refractivity contribution in [2.75, 3.05) is 80.0 Å². The van der Waals surface area contributed by atoms with Crippen LogP contribution in [0.4, 0.5) is 0 Å². The zero-order valence-electron chi connectivity index (χ0n) is 21.4. The van der Waals surface area contributed by atoms with E-state index < -0.39 is 74.5 Å². The fraction of sp³-hybridized carbons (Fsp3) is 1.00. The molecule has 8 N–H and O–H groups in total. The van der Waals surface area contributed by atoms with Crippen molar-refractivity contribution < 1.29 is 64.5 Å². The number of nitrogens with zero attached hydrogens (tertiary/aromatic N) is 2. The molecule has 2 rings (SSSR count). The SMILES string of the molecule is CO[C@H]1OC(CO)[C@H](O[C@H]2OC(CO)[C@@H](OC)[C@@H](O)[C@H]2N(CCO)CCO)[C@H](O)[C@@H]1N(CCO)CCO. The number of rotatable bonds is 16. The molecule has 0 aromatic heterocycles. The maximum Gasteiger partial charge on any atom is 0.176 e. The van der Waals surface area contributed by atoms with Crippen molar-refractivity contribution in [1.82, 2.24) is 9.80 Å². The topological polar surface area (TPSA) is 214 Å².